The van der Waals surface area contributed by atoms with Crippen molar-refractivity contribution >= 4 is 33.1 Å². The lowest BCUT2D eigenvalue weighted by Gasteiger charge is -2.11. The summed E-state index contributed by atoms with van der Waals surface area (Å²) in [5.41, 5.74) is 1.74. The number of hydrogen-bond donors (Lipinski definition) is 3. The van der Waals surface area contributed by atoms with E-state index in [1.165, 1.54) is 10.7 Å². The van der Waals surface area contributed by atoms with E-state index in [2.05, 4.69) is 15.3 Å². The first-order valence-electron chi connectivity index (χ1n) is 8.14. The van der Waals surface area contributed by atoms with E-state index in [-0.39, 0.29) is 28.7 Å². The number of H-pyrrole nitrogens is 1. The molecule has 0 spiro atoms. The van der Waals surface area contributed by atoms with Gasteiger partial charge in [0.05, 0.1) is 16.3 Å². The summed E-state index contributed by atoms with van der Waals surface area (Å²) in [5.74, 6) is 0. The molecule has 12 heteroatoms. The number of aromatic nitrogens is 2. The SMILES string of the molecule is Cc1cccc(-n2[nH]c(C)c(N=Nc3cc(Cl)c(C)cc3S(=O)(=O)[O-])c2=O)c1.[NH4+].[NH4+]. The van der Waals surface area contributed by atoms with Gasteiger partial charge in [0.2, 0.25) is 0 Å². The number of hydrogen-bond acceptors (Lipinski definition) is 6. The molecule has 3 aromatic rings. The van der Waals surface area contributed by atoms with Gasteiger partial charge in [0.1, 0.15) is 15.8 Å². The van der Waals surface area contributed by atoms with Gasteiger partial charge in [-0.3, -0.25) is 9.89 Å². The highest BCUT2D eigenvalue weighted by Gasteiger charge is 2.15. The molecule has 0 amide bonds. The molecule has 0 radical (unpaired) electrons. The Morgan fingerprint density at radius 3 is 2.33 bits per heavy atom. The van der Waals surface area contributed by atoms with Crippen LogP contribution in [0.3, 0.4) is 0 Å². The third-order valence-corrected chi connectivity index (χ3v) is 5.34. The van der Waals surface area contributed by atoms with Crippen LogP contribution in [-0.2, 0) is 10.1 Å². The fourth-order valence-corrected chi connectivity index (χ4v) is 3.47. The highest BCUT2D eigenvalue weighted by atomic mass is 35.5. The second-order valence-electron chi connectivity index (χ2n) is 6.29. The van der Waals surface area contributed by atoms with Gasteiger partial charge < -0.3 is 16.9 Å². The van der Waals surface area contributed by atoms with Crippen LogP contribution in [0.4, 0.5) is 11.4 Å². The zero-order chi connectivity index (χ0) is 20.6. The largest absolute Gasteiger partial charge is 0.744 e. The summed E-state index contributed by atoms with van der Waals surface area (Å²) in [5, 5.41) is 10.8. The van der Waals surface area contributed by atoms with Gasteiger partial charge in [0.15, 0.2) is 5.69 Å². The second-order valence-corrected chi connectivity index (χ2v) is 8.04. The van der Waals surface area contributed by atoms with Crippen molar-refractivity contribution in [3.8, 4) is 5.69 Å². The number of aromatic amines is 1. The maximum atomic E-state index is 12.7. The lowest BCUT2D eigenvalue weighted by atomic mass is 10.2. The van der Waals surface area contributed by atoms with E-state index in [1.54, 1.807) is 19.9 Å². The zero-order valence-corrected chi connectivity index (χ0v) is 18.8. The molecule has 0 saturated carbocycles. The molecule has 2 aromatic carbocycles. The monoisotopic (exact) mass is 455 g/mol. The molecule has 1 aromatic heterocycles. The Kier molecular flexibility index (Phi) is 7.83. The number of nitrogens with zero attached hydrogens (tertiary/aromatic N) is 3. The van der Waals surface area contributed by atoms with Crippen LogP contribution in [0.15, 0.2) is 56.3 Å². The van der Waals surface area contributed by atoms with E-state index < -0.39 is 20.6 Å². The minimum atomic E-state index is -4.79. The average molecular weight is 456 g/mol. The topological polar surface area (TPSA) is 193 Å². The molecule has 0 unspecified atom stereocenters. The summed E-state index contributed by atoms with van der Waals surface area (Å²) >= 11 is 6.01. The second kappa shape index (κ2) is 9.32. The molecule has 0 saturated heterocycles. The highest BCUT2D eigenvalue weighted by Crippen LogP contribution is 2.31. The fourth-order valence-electron chi connectivity index (χ4n) is 2.63. The van der Waals surface area contributed by atoms with E-state index in [9.17, 15) is 17.8 Å². The maximum Gasteiger partial charge on any atom is 0.299 e. The minimum absolute atomic E-state index is 0. The van der Waals surface area contributed by atoms with Crippen molar-refractivity contribution in [2.75, 3.05) is 0 Å². The van der Waals surface area contributed by atoms with E-state index in [0.717, 1.165) is 11.6 Å². The third kappa shape index (κ3) is 5.01. The summed E-state index contributed by atoms with van der Waals surface area (Å²) in [6.45, 7) is 5.10. The molecule has 0 atom stereocenters. The van der Waals surface area contributed by atoms with Crippen LogP contribution in [0.2, 0.25) is 5.02 Å². The Morgan fingerprint density at radius 1 is 1.07 bits per heavy atom. The molecular weight excluding hydrogens is 432 g/mol. The van der Waals surface area contributed by atoms with Crippen LogP contribution in [0.5, 0.6) is 0 Å². The van der Waals surface area contributed by atoms with Crippen LogP contribution >= 0.6 is 11.6 Å². The normalized spacial score (nSPS) is 11.2. The third-order valence-electron chi connectivity index (χ3n) is 4.07. The molecule has 0 fully saturated rings. The molecule has 0 aliphatic carbocycles. The van der Waals surface area contributed by atoms with Crippen LogP contribution in [-0.4, -0.2) is 22.8 Å². The predicted octanol–water partition coefficient (Wildman–Crippen LogP) is 4.82. The average Bonchev–Trinajstić information content (AvgIpc) is 2.89. The minimum Gasteiger partial charge on any atom is -0.744 e. The summed E-state index contributed by atoms with van der Waals surface area (Å²) < 4.78 is 35.8. The molecule has 0 bridgehead atoms. The quantitative estimate of drug-likeness (QED) is 0.375. The first-order valence-corrected chi connectivity index (χ1v) is 9.93. The zero-order valence-electron chi connectivity index (χ0n) is 17.2. The maximum absolute atomic E-state index is 12.7. The number of rotatable bonds is 4. The molecule has 9 N–H and O–H groups in total. The smallest absolute Gasteiger partial charge is 0.299 e. The van der Waals surface area contributed by atoms with Crippen LogP contribution in [0, 0.1) is 20.8 Å². The number of benzene rings is 2. The summed E-state index contributed by atoms with van der Waals surface area (Å²) in [6.07, 6.45) is 0. The lowest BCUT2D eigenvalue weighted by molar-refractivity contribution is 0.463. The number of nitrogens with one attached hydrogen (secondary N) is 1. The number of quaternary nitrogens is 2. The van der Waals surface area contributed by atoms with Crippen molar-refractivity contribution < 1.29 is 13.0 Å². The summed E-state index contributed by atoms with van der Waals surface area (Å²) in [6, 6.07) is 9.65. The first-order chi connectivity index (χ1) is 13.1. The Hall–Kier alpha value is -2.83. The van der Waals surface area contributed by atoms with Crippen molar-refractivity contribution in [3.63, 3.8) is 0 Å². The molecule has 3 rings (SSSR count). The molecule has 0 aliphatic heterocycles. The molecular formula is C18H24ClN6O4S+. The molecule has 162 valence electrons. The van der Waals surface area contributed by atoms with Gasteiger partial charge in [0.25, 0.3) is 5.56 Å². The Morgan fingerprint density at radius 2 is 1.73 bits per heavy atom. The number of aryl methyl sites for hydroxylation is 3. The van der Waals surface area contributed by atoms with Gasteiger partial charge in [0, 0.05) is 5.02 Å². The van der Waals surface area contributed by atoms with Crippen LogP contribution < -0.4 is 17.9 Å². The van der Waals surface area contributed by atoms with Gasteiger partial charge in [-0.1, -0.05) is 23.7 Å². The van der Waals surface area contributed by atoms with E-state index in [4.69, 9.17) is 11.6 Å². The van der Waals surface area contributed by atoms with Gasteiger partial charge >= 0.3 is 0 Å². The lowest BCUT2D eigenvalue weighted by Crippen LogP contribution is -2.14. The van der Waals surface area contributed by atoms with E-state index >= 15 is 0 Å². The highest BCUT2D eigenvalue weighted by molar-refractivity contribution is 7.86. The van der Waals surface area contributed by atoms with Crippen LogP contribution in [0.25, 0.3) is 5.69 Å². The van der Waals surface area contributed by atoms with Crippen molar-refractivity contribution in [2.45, 2.75) is 25.7 Å². The number of halogens is 1. The van der Waals surface area contributed by atoms with Crippen molar-refractivity contribution in [1.29, 1.82) is 0 Å². The summed E-state index contributed by atoms with van der Waals surface area (Å²) in [7, 11) is -4.79. The van der Waals surface area contributed by atoms with Crippen LogP contribution in [0.1, 0.15) is 16.8 Å². The van der Waals surface area contributed by atoms with Crippen molar-refractivity contribution in [1.82, 2.24) is 22.1 Å². The van der Waals surface area contributed by atoms with Crippen molar-refractivity contribution in [3.05, 3.63) is 68.6 Å². The Labute approximate surface area is 178 Å². The molecule has 10 nitrogen and oxygen atoms in total. The number of azo groups is 1. The predicted molar refractivity (Wildman–Crippen MR) is 116 cm³/mol. The first kappa shape index (κ1) is 25.2. The summed E-state index contributed by atoms with van der Waals surface area (Å²) in [4.78, 5) is 12.1. The van der Waals surface area contributed by atoms with Crippen molar-refractivity contribution in [2.24, 2.45) is 10.2 Å². The Bertz CT molecular complexity index is 1260. The standard InChI is InChI=1S/C18H17ClN4O4S.2H3N/c1-10-5-4-6-13(7-10)23-18(24)17(12(3)22-23)21-20-15-9-14(19)11(2)8-16(15)28(25,26)27;;/h4-9,22H,1-3H3,(H,25,26,27);2*1H3/p+1. The Balaban J connectivity index is 0.00000225. The van der Waals surface area contributed by atoms with Gasteiger partial charge in [-0.2, -0.15) is 0 Å². The van der Waals surface area contributed by atoms with E-state index in [1.807, 2.05) is 25.1 Å². The van der Waals surface area contributed by atoms with E-state index in [0.29, 0.717) is 16.9 Å². The fraction of sp³-hybridized carbons (Fsp3) is 0.167. The molecule has 1 heterocycles. The molecule has 0 aliphatic rings. The van der Waals surface area contributed by atoms with Gasteiger partial charge in [-0.25, -0.2) is 13.1 Å². The van der Waals surface area contributed by atoms with Gasteiger partial charge in [-0.05, 0) is 56.2 Å². The van der Waals surface area contributed by atoms with Gasteiger partial charge in [-0.15, -0.1) is 10.2 Å². The molecule has 30 heavy (non-hydrogen) atoms.